The third kappa shape index (κ3) is 3.27. The van der Waals surface area contributed by atoms with E-state index in [0.29, 0.717) is 12.4 Å². The molecule has 0 unspecified atom stereocenters. The van der Waals surface area contributed by atoms with Crippen LogP contribution in [-0.4, -0.2) is 26.5 Å². The van der Waals surface area contributed by atoms with Gasteiger partial charge in [0, 0.05) is 18.9 Å². The highest BCUT2D eigenvalue weighted by Crippen LogP contribution is 2.36. The first-order valence-corrected chi connectivity index (χ1v) is 10.5. The van der Waals surface area contributed by atoms with Crippen LogP contribution >= 0.6 is 23.1 Å². The molecule has 4 heterocycles. The Morgan fingerprint density at radius 3 is 2.93 bits per heavy atom. The van der Waals surface area contributed by atoms with E-state index in [0.717, 1.165) is 38.8 Å². The van der Waals surface area contributed by atoms with E-state index in [2.05, 4.69) is 15.4 Å². The number of nitrogens with zero attached hydrogens (tertiary/aromatic N) is 4. The lowest BCUT2D eigenvalue weighted by molar-refractivity contribution is 0.0825. The second-order valence-electron chi connectivity index (χ2n) is 6.21. The van der Waals surface area contributed by atoms with Crippen LogP contribution in [0.2, 0.25) is 0 Å². The number of hydrogen-bond acceptors (Lipinski definition) is 8. The topological polar surface area (TPSA) is 75.2 Å². The number of thioether (sulfide) groups is 1. The SMILES string of the molecule is Cn1c(SCc2cc(-c3cccs3)on2)nnc1[C@@H]1COc2ccccc2O1. The van der Waals surface area contributed by atoms with Gasteiger partial charge in [-0.1, -0.05) is 35.1 Å². The lowest BCUT2D eigenvalue weighted by Crippen LogP contribution is -2.24. The number of para-hydroxylation sites is 2. The fraction of sp³-hybridized carbons (Fsp3) is 0.211. The van der Waals surface area contributed by atoms with Gasteiger partial charge in [0.1, 0.15) is 6.61 Å². The lowest BCUT2D eigenvalue weighted by Gasteiger charge is -2.25. The Morgan fingerprint density at radius 1 is 1.18 bits per heavy atom. The van der Waals surface area contributed by atoms with Crippen LogP contribution < -0.4 is 9.47 Å². The Hall–Kier alpha value is -2.78. The van der Waals surface area contributed by atoms with Gasteiger partial charge in [-0.25, -0.2) is 0 Å². The minimum atomic E-state index is -0.292. The van der Waals surface area contributed by atoms with Crippen molar-refractivity contribution < 1.29 is 14.0 Å². The maximum absolute atomic E-state index is 6.04. The quantitative estimate of drug-likeness (QED) is 0.452. The lowest BCUT2D eigenvalue weighted by atomic mass is 10.2. The molecule has 1 atom stereocenters. The molecule has 0 fully saturated rings. The normalized spacial score (nSPS) is 15.7. The van der Waals surface area contributed by atoms with Gasteiger partial charge in [-0.3, -0.25) is 0 Å². The van der Waals surface area contributed by atoms with E-state index in [9.17, 15) is 0 Å². The molecule has 0 amide bonds. The summed E-state index contributed by atoms with van der Waals surface area (Å²) in [5, 5.41) is 15.6. The van der Waals surface area contributed by atoms with Gasteiger partial charge >= 0.3 is 0 Å². The van der Waals surface area contributed by atoms with Crippen molar-refractivity contribution in [2.45, 2.75) is 17.0 Å². The smallest absolute Gasteiger partial charge is 0.192 e. The number of benzene rings is 1. The fourth-order valence-corrected chi connectivity index (χ4v) is 4.40. The molecule has 28 heavy (non-hydrogen) atoms. The van der Waals surface area contributed by atoms with Crippen LogP contribution in [0.4, 0.5) is 0 Å². The molecule has 3 aromatic heterocycles. The van der Waals surface area contributed by atoms with Crippen molar-refractivity contribution in [3.8, 4) is 22.1 Å². The van der Waals surface area contributed by atoms with Crippen LogP contribution in [-0.2, 0) is 12.8 Å². The van der Waals surface area contributed by atoms with E-state index < -0.39 is 0 Å². The summed E-state index contributed by atoms with van der Waals surface area (Å²) in [5.74, 6) is 3.64. The van der Waals surface area contributed by atoms with Crippen LogP contribution in [0, 0.1) is 0 Å². The summed E-state index contributed by atoms with van der Waals surface area (Å²) >= 11 is 3.18. The zero-order chi connectivity index (χ0) is 18.9. The molecule has 0 bridgehead atoms. The number of thiophene rings is 1. The van der Waals surface area contributed by atoms with E-state index in [-0.39, 0.29) is 6.10 Å². The van der Waals surface area contributed by atoms with Crippen molar-refractivity contribution in [2.75, 3.05) is 6.61 Å². The first-order valence-electron chi connectivity index (χ1n) is 8.68. The molecule has 4 aromatic rings. The zero-order valence-corrected chi connectivity index (χ0v) is 16.6. The minimum Gasteiger partial charge on any atom is -0.485 e. The molecule has 0 saturated heterocycles. The molecule has 0 radical (unpaired) electrons. The van der Waals surface area contributed by atoms with Crippen molar-refractivity contribution in [3.05, 3.63) is 59.4 Å². The number of fused-ring (bicyclic) bond motifs is 1. The predicted molar refractivity (Wildman–Crippen MR) is 106 cm³/mol. The number of rotatable bonds is 5. The third-order valence-electron chi connectivity index (χ3n) is 4.34. The number of aromatic nitrogens is 4. The van der Waals surface area contributed by atoms with Crippen molar-refractivity contribution in [1.82, 2.24) is 19.9 Å². The summed E-state index contributed by atoms with van der Waals surface area (Å²) in [6.45, 7) is 0.404. The Kier molecular flexibility index (Phi) is 4.53. The van der Waals surface area contributed by atoms with Gasteiger partial charge < -0.3 is 18.6 Å². The molecular formula is C19H16N4O3S2. The maximum atomic E-state index is 6.04. The second-order valence-corrected chi connectivity index (χ2v) is 8.10. The number of ether oxygens (including phenoxy) is 2. The molecule has 7 nitrogen and oxygen atoms in total. The van der Waals surface area contributed by atoms with Crippen LogP contribution in [0.15, 0.2) is 57.5 Å². The van der Waals surface area contributed by atoms with Crippen LogP contribution in [0.1, 0.15) is 17.6 Å². The molecule has 0 saturated carbocycles. The van der Waals surface area contributed by atoms with Crippen molar-refractivity contribution >= 4 is 23.1 Å². The number of hydrogen-bond donors (Lipinski definition) is 0. The van der Waals surface area contributed by atoms with Crippen molar-refractivity contribution in [2.24, 2.45) is 7.05 Å². The highest BCUT2D eigenvalue weighted by atomic mass is 32.2. The molecule has 1 aliphatic heterocycles. The molecule has 0 aliphatic carbocycles. The first-order chi connectivity index (χ1) is 13.8. The van der Waals surface area contributed by atoms with E-state index in [1.54, 1.807) is 23.1 Å². The molecule has 9 heteroatoms. The average molecular weight is 412 g/mol. The van der Waals surface area contributed by atoms with Gasteiger partial charge in [-0.05, 0) is 23.6 Å². The Morgan fingerprint density at radius 2 is 2.07 bits per heavy atom. The summed E-state index contributed by atoms with van der Waals surface area (Å²) in [7, 11) is 1.93. The predicted octanol–water partition coefficient (Wildman–Crippen LogP) is 4.34. The van der Waals surface area contributed by atoms with E-state index in [4.69, 9.17) is 14.0 Å². The van der Waals surface area contributed by atoms with Gasteiger partial charge in [-0.15, -0.1) is 21.5 Å². The van der Waals surface area contributed by atoms with Crippen molar-refractivity contribution in [3.63, 3.8) is 0 Å². The van der Waals surface area contributed by atoms with Gasteiger partial charge in [-0.2, -0.15) is 0 Å². The fourth-order valence-electron chi connectivity index (χ4n) is 2.93. The summed E-state index contributed by atoms with van der Waals surface area (Å²) in [6.07, 6.45) is -0.292. The van der Waals surface area contributed by atoms with Gasteiger partial charge in [0.25, 0.3) is 0 Å². The summed E-state index contributed by atoms with van der Waals surface area (Å²) in [4.78, 5) is 1.07. The third-order valence-corrected chi connectivity index (χ3v) is 6.28. The van der Waals surface area contributed by atoms with Gasteiger partial charge in [0.05, 0.1) is 10.6 Å². The van der Waals surface area contributed by atoms with Crippen LogP contribution in [0.25, 0.3) is 10.6 Å². The average Bonchev–Trinajstić information content (AvgIpc) is 3.47. The summed E-state index contributed by atoms with van der Waals surface area (Å²) in [5.41, 5.74) is 0.865. The summed E-state index contributed by atoms with van der Waals surface area (Å²) in [6, 6.07) is 13.6. The molecule has 142 valence electrons. The van der Waals surface area contributed by atoms with E-state index >= 15 is 0 Å². The van der Waals surface area contributed by atoms with Gasteiger partial charge in [0.15, 0.2) is 34.3 Å². The maximum Gasteiger partial charge on any atom is 0.192 e. The first kappa shape index (κ1) is 17.3. The van der Waals surface area contributed by atoms with Crippen LogP contribution in [0.5, 0.6) is 11.5 Å². The molecule has 1 aliphatic rings. The highest BCUT2D eigenvalue weighted by molar-refractivity contribution is 7.98. The van der Waals surface area contributed by atoms with Gasteiger partial charge in [0.2, 0.25) is 0 Å². The standard InChI is InChI=1S/C19H16N4O3S2/c1-23-18(16-10-24-13-5-2-3-6-14(13)25-16)20-21-19(23)28-11-12-9-15(26-22-12)17-7-4-8-27-17/h2-9,16H,10-11H2,1H3/t16-/m0/s1. The minimum absolute atomic E-state index is 0.292. The Bertz CT molecular complexity index is 1090. The van der Waals surface area contributed by atoms with Crippen molar-refractivity contribution in [1.29, 1.82) is 0 Å². The van der Waals surface area contributed by atoms with Crippen LogP contribution in [0.3, 0.4) is 0 Å². The molecular weight excluding hydrogens is 396 g/mol. The molecule has 0 N–H and O–H groups in total. The molecule has 0 spiro atoms. The largest absolute Gasteiger partial charge is 0.485 e. The summed E-state index contributed by atoms with van der Waals surface area (Å²) < 4.78 is 19.2. The van der Waals surface area contributed by atoms with E-state index in [1.807, 2.05) is 59.5 Å². The highest BCUT2D eigenvalue weighted by Gasteiger charge is 2.27. The molecule has 1 aromatic carbocycles. The van der Waals surface area contributed by atoms with E-state index in [1.165, 1.54) is 0 Å². The molecule has 5 rings (SSSR count). The second kappa shape index (κ2) is 7.33. The Labute approximate surface area is 169 Å². The zero-order valence-electron chi connectivity index (χ0n) is 14.9. The monoisotopic (exact) mass is 412 g/mol. The Balaban J connectivity index is 1.27.